The molecule has 0 fully saturated rings. The molecule has 528 valence electrons. The van der Waals surface area contributed by atoms with Crippen molar-refractivity contribution in [1.82, 2.24) is 24.0 Å². The quantitative estimate of drug-likeness (QED) is 0.146. The minimum atomic E-state index is 0.903. The van der Waals surface area contributed by atoms with E-state index in [0.717, 1.165) is 34.2 Å². The van der Waals surface area contributed by atoms with Crippen LogP contribution in [0.2, 0.25) is 0 Å². The van der Waals surface area contributed by atoms with Crippen molar-refractivity contribution >= 4 is 45.7 Å². The van der Waals surface area contributed by atoms with Gasteiger partial charge < -0.3 is 17.9 Å². The predicted molar refractivity (Wildman–Crippen MR) is 422 cm³/mol. The van der Waals surface area contributed by atoms with Gasteiger partial charge in [0.2, 0.25) is 0 Å². The van der Waals surface area contributed by atoms with Gasteiger partial charge in [-0.25, -0.2) is 8.75 Å². The van der Waals surface area contributed by atoms with Crippen molar-refractivity contribution in [3.8, 4) is 0 Å². The first-order chi connectivity index (χ1) is 44.0. The second kappa shape index (κ2) is 81.1. The van der Waals surface area contributed by atoms with Gasteiger partial charge in [-0.3, -0.25) is 4.98 Å². The minimum Gasteiger partial charge on any atom is -0.469 e. The van der Waals surface area contributed by atoms with Crippen LogP contribution in [0.25, 0.3) is 0 Å². The molecule has 0 radical (unpaired) electrons. The average Bonchev–Trinajstić information content (AvgIpc) is 4.58. The highest BCUT2D eigenvalue weighted by Gasteiger charge is 1.94. The topological polar surface area (TPSA) is 117 Å². The molecule has 9 nitrogen and oxygen atoms in total. The van der Waals surface area contributed by atoms with Crippen LogP contribution in [0, 0.1) is 138 Å². The van der Waals surface area contributed by atoms with Gasteiger partial charge in [-0.1, -0.05) is 173 Å². The Morgan fingerprint density at radius 3 is 0.663 bits per heavy atom. The van der Waals surface area contributed by atoms with Gasteiger partial charge in [-0.05, 0) is 258 Å². The molecule has 0 saturated heterocycles. The van der Waals surface area contributed by atoms with Gasteiger partial charge in [-0.2, -0.15) is 0 Å². The number of nitrogens with zero attached hydrogens (tertiary/aromatic N) is 5. The summed E-state index contributed by atoms with van der Waals surface area (Å²) in [5.41, 5.74) is 15.4. The average molecular weight is 1350 g/mol. The number of aromatic nitrogens is 5. The van der Waals surface area contributed by atoms with Crippen molar-refractivity contribution in [3.63, 3.8) is 0 Å². The van der Waals surface area contributed by atoms with Crippen LogP contribution in [-0.4, -0.2) is 24.0 Å². The maximum absolute atomic E-state index is 4.96. The van der Waals surface area contributed by atoms with Gasteiger partial charge >= 0.3 is 0 Å². The third kappa shape index (κ3) is 62.8. The summed E-state index contributed by atoms with van der Waals surface area (Å²) in [6.07, 6.45) is 14.3. The van der Waals surface area contributed by atoms with Crippen LogP contribution >= 0.6 is 45.7 Å². The zero-order valence-electron chi connectivity index (χ0n) is 66.5. The fourth-order valence-electron chi connectivity index (χ4n) is 4.39. The van der Waals surface area contributed by atoms with E-state index in [4.69, 9.17) is 17.9 Å². The Morgan fingerprint density at radius 2 is 0.565 bits per heavy atom. The Labute approximate surface area is 585 Å². The summed E-state index contributed by atoms with van der Waals surface area (Å²) in [4.78, 5) is 9.45. The van der Waals surface area contributed by atoms with Gasteiger partial charge in [-0.15, -0.1) is 22.7 Å². The lowest BCUT2D eigenvalue weighted by molar-refractivity contribution is 0.396. The van der Waals surface area contributed by atoms with E-state index in [2.05, 4.69) is 154 Å². The van der Waals surface area contributed by atoms with E-state index in [1.165, 1.54) is 75.1 Å². The zero-order valence-corrected chi connectivity index (χ0v) is 69.7. The van der Waals surface area contributed by atoms with Crippen LogP contribution in [0.5, 0.6) is 0 Å². The molecule has 0 amide bonds. The Balaban J connectivity index is -0.0000000984. The number of benzene rings is 1. The first-order valence-corrected chi connectivity index (χ1v) is 36.8. The maximum Gasteiger partial charge on any atom is 0.136 e. The minimum absolute atomic E-state index is 0.903. The first-order valence-electron chi connectivity index (χ1n) is 33.5. The summed E-state index contributed by atoms with van der Waals surface area (Å²) in [6.45, 7) is 80.9. The molecule has 0 aliphatic rings. The molecule has 0 unspecified atom stereocenters. The number of rotatable bonds is 0. The normalized spacial score (nSPS) is 8.00. The van der Waals surface area contributed by atoms with Gasteiger partial charge in [0.15, 0.2) is 0 Å². The van der Waals surface area contributed by atoms with Gasteiger partial charge in [0, 0.05) is 55.4 Å². The second-order valence-electron chi connectivity index (χ2n) is 16.9. The van der Waals surface area contributed by atoms with Crippen molar-refractivity contribution in [3.05, 3.63) is 224 Å². The molecule has 10 rings (SSSR count). The summed E-state index contributed by atoms with van der Waals surface area (Å²) in [5, 5.41) is 11.3. The highest BCUT2D eigenvalue weighted by molar-refractivity contribution is 7.10. The Morgan fingerprint density at radius 1 is 0.261 bits per heavy atom. The molecular weight excluding hydrogens is 1210 g/mol. The number of aryl methyl sites for hydroxylation is 20. The molecule has 0 aliphatic carbocycles. The van der Waals surface area contributed by atoms with E-state index in [0.29, 0.717) is 0 Å². The first kappa shape index (κ1) is 108. The van der Waals surface area contributed by atoms with Crippen LogP contribution in [0.4, 0.5) is 0 Å². The molecule has 0 saturated carbocycles. The number of furan rings is 2. The molecule has 1 aromatic carbocycles. The molecule has 92 heavy (non-hydrogen) atoms. The van der Waals surface area contributed by atoms with E-state index >= 15 is 0 Å². The Hall–Kier alpha value is -5.99. The largest absolute Gasteiger partial charge is 0.469 e. The molecule has 0 atom stereocenters. The summed E-state index contributed by atoms with van der Waals surface area (Å²) in [6, 6.07) is 18.6. The number of thiophene rings is 2. The van der Waals surface area contributed by atoms with Crippen molar-refractivity contribution in [2.75, 3.05) is 0 Å². The summed E-state index contributed by atoms with van der Waals surface area (Å²) < 4.78 is 27.3. The smallest absolute Gasteiger partial charge is 0.136 e. The maximum atomic E-state index is 4.96. The lowest BCUT2D eigenvalue weighted by atomic mass is 10.1. The van der Waals surface area contributed by atoms with E-state index in [9.17, 15) is 0 Å². The van der Waals surface area contributed by atoms with Gasteiger partial charge in [0.05, 0.1) is 24.9 Å². The lowest BCUT2D eigenvalue weighted by Gasteiger charge is -1.93. The third-order valence-corrected chi connectivity index (χ3v) is 14.7. The monoisotopic (exact) mass is 1350 g/mol. The van der Waals surface area contributed by atoms with E-state index < -0.39 is 0 Å². The summed E-state index contributed by atoms with van der Waals surface area (Å²) >= 11 is 6.72. The number of hydrogen-bond donors (Lipinski definition) is 0. The van der Waals surface area contributed by atoms with Crippen LogP contribution in [0.1, 0.15) is 248 Å². The van der Waals surface area contributed by atoms with Crippen molar-refractivity contribution in [2.24, 2.45) is 0 Å². The standard InChI is InChI=1S/C8H10.C7H9N.2C6H8O.2C6H8S.2C5H7NO.2C5H7NS.10C2H6/c1-7-5-3-4-6-8(7)2;1-6-3-4-8-5-7(6)2;4*1-5-3-4-7-6(5)2;4*1-4-3-6-7-5(4)2;10*1-2/h3-6H,1-2H3;3-5H,1-2H3;4*3-4H,1-2H3;4*3H,1-2H3;10*1-2H3. The van der Waals surface area contributed by atoms with Crippen LogP contribution in [0.15, 0.2) is 133 Å². The zero-order chi connectivity index (χ0) is 74.2. The van der Waals surface area contributed by atoms with Crippen LogP contribution < -0.4 is 0 Å². The lowest BCUT2D eigenvalue weighted by Crippen LogP contribution is -1.78. The molecule has 0 bridgehead atoms. The fourth-order valence-corrected chi connectivity index (χ4v) is 6.98. The number of pyridine rings is 1. The third-order valence-electron chi connectivity index (χ3n) is 11.2. The molecule has 0 aliphatic heterocycles. The highest BCUT2D eigenvalue weighted by Crippen LogP contribution is 2.14. The molecular formula is C79H139N5O4S4. The molecule has 9 heterocycles. The fraction of sp³-hybridized carbons (Fsp3) is 0.506. The van der Waals surface area contributed by atoms with Crippen molar-refractivity contribution in [2.45, 2.75) is 277 Å². The van der Waals surface area contributed by atoms with Crippen molar-refractivity contribution < 1.29 is 17.9 Å². The van der Waals surface area contributed by atoms with Crippen LogP contribution in [0.3, 0.4) is 0 Å². The van der Waals surface area contributed by atoms with E-state index in [1.54, 1.807) is 70.7 Å². The summed E-state index contributed by atoms with van der Waals surface area (Å²) in [7, 11) is 0. The van der Waals surface area contributed by atoms with E-state index in [-0.39, 0.29) is 0 Å². The molecule has 0 N–H and O–H groups in total. The summed E-state index contributed by atoms with van der Waals surface area (Å²) in [5.74, 6) is 3.83. The molecule has 0 spiro atoms. The molecule has 13 heteroatoms. The molecule has 9 aromatic heterocycles. The molecule has 10 aromatic rings. The van der Waals surface area contributed by atoms with Crippen molar-refractivity contribution in [1.29, 1.82) is 0 Å². The van der Waals surface area contributed by atoms with Crippen LogP contribution in [-0.2, 0) is 0 Å². The van der Waals surface area contributed by atoms with Gasteiger partial charge in [0.1, 0.15) is 23.0 Å². The Bertz CT molecular complexity index is 2250. The SMILES string of the molecule is CC.CC.CC.CC.CC.CC.CC.CC.CC.CC.Cc1ccccc1C.Cc1ccncc1C.Cc1ccoc1C.Cc1ccoc1C.Cc1ccsc1C.Cc1ccsc1C.Cc1cnoc1C.Cc1cnoc1C.Cc1cnsc1C.Cc1cnsc1C. The van der Waals surface area contributed by atoms with E-state index in [1.807, 2.05) is 237 Å². The highest BCUT2D eigenvalue weighted by atomic mass is 32.1. The predicted octanol–water partition coefficient (Wildman–Crippen LogP) is 28.9. The number of hydrogen-bond acceptors (Lipinski definition) is 13. The second-order valence-corrected chi connectivity index (χ2v) is 21.2. The van der Waals surface area contributed by atoms with Gasteiger partial charge in [0.25, 0.3) is 0 Å². The Kier molecular flexibility index (Phi) is 94.8.